The molecule has 2 nitrogen and oxygen atoms in total. The molecule has 0 atom stereocenters. The first-order valence-corrected chi connectivity index (χ1v) is 3.96. The standard InChI is InChI=1S/C8H14O2.Mg.2H/c1-7(9)10-8-5-3-2-4-6-8;;;/h8H,2-6H2,1H3;;;. The second-order valence-corrected chi connectivity index (χ2v) is 2.87. The van der Waals surface area contributed by atoms with E-state index in [-0.39, 0.29) is 35.1 Å². The first-order chi connectivity index (χ1) is 4.79. The normalized spacial score (nSPS) is 18.6. The summed E-state index contributed by atoms with van der Waals surface area (Å²) in [6, 6.07) is 0. The van der Waals surface area contributed by atoms with Gasteiger partial charge in [0.15, 0.2) is 0 Å². The number of hydrogen-bond acceptors (Lipinski definition) is 2. The van der Waals surface area contributed by atoms with Crippen LogP contribution in [0.2, 0.25) is 0 Å². The zero-order chi connectivity index (χ0) is 7.40. The van der Waals surface area contributed by atoms with Crippen molar-refractivity contribution in [2.45, 2.75) is 45.1 Å². The molecule has 1 aliphatic carbocycles. The molecule has 1 rings (SSSR count). The van der Waals surface area contributed by atoms with Crippen LogP contribution in [0.25, 0.3) is 0 Å². The Kier molecular flexibility index (Phi) is 5.96. The van der Waals surface area contributed by atoms with Crippen molar-refractivity contribution in [1.29, 1.82) is 0 Å². The zero-order valence-corrected chi connectivity index (χ0v) is 6.43. The molecule has 1 fully saturated rings. The predicted molar refractivity (Wildman–Crippen MR) is 47.2 cm³/mol. The summed E-state index contributed by atoms with van der Waals surface area (Å²) >= 11 is 0. The first-order valence-electron chi connectivity index (χ1n) is 3.96. The molecule has 0 amide bonds. The van der Waals surface area contributed by atoms with Gasteiger partial charge in [-0.25, -0.2) is 0 Å². The molecule has 0 unspecified atom stereocenters. The minimum Gasteiger partial charge on any atom is -0.463 e. The van der Waals surface area contributed by atoms with Gasteiger partial charge in [-0.2, -0.15) is 0 Å². The maximum atomic E-state index is 10.5. The van der Waals surface area contributed by atoms with Crippen molar-refractivity contribution in [3.05, 3.63) is 0 Å². The molecule has 0 radical (unpaired) electrons. The summed E-state index contributed by atoms with van der Waals surface area (Å²) in [4.78, 5) is 10.5. The van der Waals surface area contributed by atoms with Crippen LogP contribution in [0.1, 0.15) is 39.0 Å². The Bertz CT molecular complexity index is 119. The molecule has 62 valence electrons. The molecular weight excluding hydrogens is 152 g/mol. The molecule has 0 aromatic carbocycles. The van der Waals surface area contributed by atoms with Gasteiger partial charge in [0.05, 0.1) is 0 Å². The molecule has 0 spiro atoms. The molecule has 0 aromatic heterocycles. The molecule has 1 aliphatic rings. The number of hydrogen-bond donors (Lipinski definition) is 0. The van der Waals surface area contributed by atoms with Gasteiger partial charge in [-0.1, -0.05) is 6.42 Å². The van der Waals surface area contributed by atoms with Crippen LogP contribution in [0.3, 0.4) is 0 Å². The molecule has 1 saturated carbocycles. The fourth-order valence-electron chi connectivity index (χ4n) is 1.42. The Morgan fingerprint density at radius 3 is 2.27 bits per heavy atom. The van der Waals surface area contributed by atoms with Crippen LogP contribution in [0.15, 0.2) is 0 Å². The Labute approximate surface area is 83.8 Å². The average Bonchev–Trinajstić information content (AvgIpc) is 1.88. The highest BCUT2D eigenvalue weighted by Gasteiger charge is 2.14. The van der Waals surface area contributed by atoms with E-state index < -0.39 is 0 Å². The predicted octanol–water partition coefficient (Wildman–Crippen LogP) is 0.966. The highest BCUT2D eigenvalue weighted by molar-refractivity contribution is 5.75. The molecule has 0 aromatic rings. The lowest BCUT2D eigenvalue weighted by Gasteiger charge is -2.20. The van der Waals surface area contributed by atoms with Gasteiger partial charge < -0.3 is 4.74 Å². The lowest BCUT2D eigenvalue weighted by Crippen LogP contribution is -2.18. The molecular formula is C8H16MgO2. The topological polar surface area (TPSA) is 26.3 Å². The molecule has 11 heavy (non-hydrogen) atoms. The molecule has 0 saturated heterocycles. The highest BCUT2D eigenvalue weighted by atomic mass is 24.3. The lowest BCUT2D eigenvalue weighted by atomic mass is 9.98. The average molecular weight is 169 g/mol. The van der Waals surface area contributed by atoms with Crippen LogP contribution < -0.4 is 0 Å². The monoisotopic (exact) mass is 168 g/mol. The van der Waals surface area contributed by atoms with Crippen molar-refractivity contribution in [2.24, 2.45) is 0 Å². The number of carbonyl (C=O) groups is 1. The summed E-state index contributed by atoms with van der Waals surface area (Å²) in [5, 5.41) is 0. The van der Waals surface area contributed by atoms with Crippen LogP contribution >= 0.6 is 0 Å². The van der Waals surface area contributed by atoms with Crippen LogP contribution in [0.5, 0.6) is 0 Å². The van der Waals surface area contributed by atoms with E-state index in [0.29, 0.717) is 0 Å². The van der Waals surface area contributed by atoms with Gasteiger partial charge in [0.1, 0.15) is 6.10 Å². The SMILES string of the molecule is CC(=O)OC1CCCCC1.[MgH2]. The van der Waals surface area contributed by atoms with Gasteiger partial charge >= 0.3 is 29.0 Å². The van der Waals surface area contributed by atoms with Crippen LogP contribution in [0, 0.1) is 0 Å². The van der Waals surface area contributed by atoms with E-state index >= 15 is 0 Å². The number of carbonyl (C=O) groups excluding carboxylic acids is 1. The maximum absolute atomic E-state index is 10.5. The van der Waals surface area contributed by atoms with Crippen molar-refractivity contribution in [1.82, 2.24) is 0 Å². The third kappa shape index (κ3) is 4.64. The molecule has 0 N–H and O–H groups in total. The van der Waals surface area contributed by atoms with Crippen molar-refractivity contribution in [2.75, 3.05) is 0 Å². The number of ether oxygens (including phenoxy) is 1. The summed E-state index contributed by atoms with van der Waals surface area (Å²) in [5.41, 5.74) is 0. The van der Waals surface area contributed by atoms with E-state index in [1.807, 2.05) is 0 Å². The van der Waals surface area contributed by atoms with Gasteiger partial charge in [-0.15, -0.1) is 0 Å². The Morgan fingerprint density at radius 1 is 1.27 bits per heavy atom. The maximum Gasteiger partial charge on any atom is 0.316 e. The number of esters is 1. The van der Waals surface area contributed by atoms with Crippen molar-refractivity contribution in [3.8, 4) is 0 Å². The largest absolute Gasteiger partial charge is 0.463 e. The van der Waals surface area contributed by atoms with Crippen molar-refractivity contribution < 1.29 is 9.53 Å². The second kappa shape index (κ2) is 5.83. The second-order valence-electron chi connectivity index (χ2n) is 2.87. The summed E-state index contributed by atoms with van der Waals surface area (Å²) < 4.78 is 5.05. The van der Waals surface area contributed by atoms with Gasteiger partial charge in [0.25, 0.3) is 0 Å². The smallest absolute Gasteiger partial charge is 0.316 e. The van der Waals surface area contributed by atoms with Gasteiger partial charge in [0.2, 0.25) is 0 Å². The highest BCUT2D eigenvalue weighted by Crippen LogP contribution is 2.19. The summed E-state index contributed by atoms with van der Waals surface area (Å²) in [7, 11) is 0. The Hall–Kier alpha value is 0.236. The molecule has 3 heteroatoms. The van der Waals surface area contributed by atoms with Crippen molar-refractivity contribution >= 4 is 29.0 Å². The quantitative estimate of drug-likeness (QED) is 0.431. The Balaban J connectivity index is 0.000001000. The van der Waals surface area contributed by atoms with E-state index in [1.165, 1.54) is 26.2 Å². The lowest BCUT2D eigenvalue weighted by molar-refractivity contribution is -0.147. The number of rotatable bonds is 1. The third-order valence-corrected chi connectivity index (χ3v) is 1.88. The summed E-state index contributed by atoms with van der Waals surface area (Å²) in [6.45, 7) is 1.48. The zero-order valence-electron chi connectivity index (χ0n) is 6.43. The third-order valence-electron chi connectivity index (χ3n) is 1.88. The van der Waals surface area contributed by atoms with Gasteiger partial charge in [-0.3, -0.25) is 4.79 Å². The fraction of sp³-hybridized carbons (Fsp3) is 0.875. The molecule has 0 heterocycles. The van der Waals surface area contributed by atoms with E-state index in [0.717, 1.165) is 12.8 Å². The summed E-state index contributed by atoms with van der Waals surface area (Å²) in [5.74, 6) is -0.132. The minimum absolute atomic E-state index is 0. The van der Waals surface area contributed by atoms with E-state index in [1.54, 1.807) is 0 Å². The van der Waals surface area contributed by atoms with Crippen LogP contribution in [0.4, 0.5) is 0 Å². The fourth-order valence-corrected chi connectivity index (χ4v) is 1.42. The first kappa shape index (κ1) is 11.2. The Morgan fingerprint density at radius 2 is 1.82 bits per heavy atom. The van der Waals surface area contributed by atoms with Gasteiger partial charge in [-0.05, 0) is 25.7 Å². The van der Waals surface area contributed by atoms with E-state index in [9.17, 15) is 4.79 Å². The van der Waals surface area contributed by atoms with Gasteiger partial charge in [0, 0.05) is 6.92 Å². The molecule has 0 bridgehead atoms. The van der Waals surface area contributed by atoms with Crippen molar-refractivity contribution in [3.63, 3.8) is 0 Å². The van der Waals surface area contributed by atoms with Crippen LogP contribution in [-0.2, 0) is 9.53 Å². The summed E-state index contributed by atoms with van der Waals surface area (Å²) in [6.07, 6.45) is 6.11. The van der Waals surface area contributed by atoms with E-state index in [2.05, 4.69) is 0 Å². The molecule has 0 aliphatic heterocycles. The van der Waals surface area contributed by atoms with Crippen LogP contribution in [-0.4, -0.2) is 35.1 Å². The van der Waals surface area contributed by atoms with E-state index in [4.69, 9.17) is 4.74 Å². The minimum atomic E-state index is -0.132.